The lowest BCUT2D eigenvalue weighted by Gasteiger charge is -2.34. The smallest absolute Gasteiger partial charge is 0.253 e. The molecule has 1 aliphatic heterocycles. The van der Waals surface area contributed by atoms with Crippen molar-refractivity contribution in [3.63, 3.8) is 0 Å². The number of benzene rings is 1. The summed E-state index contributed by atoms with van der Waals surface area (Å²) in [6, 6.07) is 8.45. The molecule has 1 aromatic heterocycles. The molecule has 1 fully saturated rings. The number of carbonyl (C=O) groups is 1. The van der Waals surface area contributed by atoms with E-state index in [1.54, 1.807) is 54.7 Å². The number of rotatable bonds is 3. The number of hydrogen-bond acceptors (Lipinski definition) is 5. The first-order valence-corrected chi connectivity index (χ1v) is 9.99. The molecular formula is C18H21N5O3S. The van der Waals surface area contributed by atoms with E-state index in [1.807, 2.05) is 6.07 Å². The molecule has 2 heterocycles. The van der Waals surface area contributed by atoms with Gasteiger partial charge in [-0.15, -0.1) is 0 Å². The van der Waals surface area contributed by atoms with Gasteiger partial charge in [-0.2, -0.15) is 14.7 Å². The highest BCUT2D eigenvalue weighted by molar-refractivity contribution is 7.89. The van der Waals surface area contributed by atoms with Gasteiger partial charge in [-0.05, 0) is 38.1 Å². The molecule has 0 atom stereocenters. The summed E-state index contributed by atoms with van der Waals surface area (Å²) in [5.41, 5.74) is 2.06. The molecule has 27 heavy (non-hydrogen) atoms. The highest BCUT2D eigenvalue weighted by Crippen LogP contribution is 2.24. The number of hydrogen-bond donors (Lipinski definition) is 0. The molecule has 8 nitrogen and oxygen atoms in total. The van der Waals surface area contributed by atoms with Crippen LogP contribution in [0.25, 0.3) is 0 Å². The summed E-state index contributed by atoms with van der Waals surface area (Å²) in [7, 11) is -1.93. The molecule has 0 N–H and O–H groups in total. The second kappa shape index (κ2) is 7.13. The minimum atomic E-state index is -3.65. The highest BCUT2D eigenvalue weighted by atomic mass is 32.2. The average Bonchev–Trinajstić information content (AvgIpc) is 2.93. The maximum absolute atomic E-state index is 13.0. The van der Waals surface area contributed by atoms with E-state index in [9.17, 15) is 13.2 Å². The van der Waals surface area contributed by atoms with Crippen LogP contribution in [0.15, 0.2) is 29.2 Å². The van der Waals surface area contributed by atoms with Gasteiger partial charge in [0, 0.05) is 38.8 Å². The SMILES string of the molecule is Cc1nn(C)c(C)c1S(=O)(=O)N1CCN(C(=O)c2ccc(C#N)cc2)CC1. The summed E-state index contributed by atoms with van der Waals surface area (Å²) in [5.74, 6) is -0.162. The fourth-order valence-electron chi connectivity index (χ4n) is 3.26. The molecule has 0 unspecified atom stereocenters. The summed E-state index contributed by atoms with van der Waals surface area (Å²) in [5, 5.41) is 13.0. The van der Waals surface area contributed by atoms with E-state index < -0.39 is 10.0 Å². The van der Waals surface area contributed by atoms with Crippen LogP contribution in [0.2, 0.25) is 0 Å². The van der Waals surface area contributed by atoms with Crippen LogP contribution in [0.1, 0.15) is 27.3 Å². The van der Waals surface area contributed by atoms with Gasteiger partial charge >= 0.3 is 0 Å². The fraction of sp³-hybridized carbons (Fsp3) is 0.389. The second-order valence-corrected chi connectivity index (χ2v) is 8.38. The summed E-state index contributed by atoms with van der Waals surface area (Å²) in [6.45, 7) is 4.52. The Morgan fingerprint density at radius 3 is 2.19 bits per heavy atom. The Morgan fingerprint density at radius 2 is 1.70 bits per heavy atom. The molecule has 0 radical (unpaired) electrons. The lowest BCUT2D eigenvalue weighted by Crippen LogP contribution is -2.50. The maximum Gasteiger partial charge on any atom is 0.253 e. The predicted molar refractivity (Wildman–Crippen MR) is 98.5 cm³/mol. The zero-order valence-corrected chi connectivity index (χ0v) is 16.3. The number of amides is 1. The van der Waals surface area contributed by atoms with Gasteiger partial charge in [-0.25, -0.2) is 8.42 Å². The molecule has 1 aliphatic rings. The first-order valence-electron chi connectivity index (χ1n) is 8.55. The minimum absolute atomic E-state index is 0.162. The molecule has 0 bridgehead atoms. The van der Waals surface area contributed by atoms with Crippen molar-refractivity contribution in [2.24, 2.45) is 7.05 Å². The van der Waals surface area contributed by atoms with E-state index in [4.69, 9.17) is 5.26 Å². The third-order valence-corrected chi connectivity index (χ3v) is 6.98. The zero-order chi connectivity index (χ0) is 19.8. The number of nitrogens with zero attached hydrogens (tertiary/aromatic N) is 5. The van der Waals surface area contributed by atoms with Crippen molar-refractivity contribution < 1.29 is 13.2 Å². The van der Waals surface area contributed by atoms with Crippen molar-refractivity contribution in [3.05, 3.63) is 46.8 Å². The number of aryl methyl sites for hydroxylation is 2. The van der Waals surface area contributed by atoms with Gasteiger partial charge in [0.15, 0.2) is 0 Å². The fourth-order valence-corrected chi connectivity index (χ4v) is 5.08. The molecular weight excluding hydrogens is 366 g/mol. The quantitative estimate of drug-likeness (QED) is 0.784. The highest BCUT2D eigenvalue weighted by Gasteiger charge is 2.34. The Balaban J connectivity index is 1.73. The monoisotopic (exact) mass is 387 g/mol. The molecule has 1 saturated heterocycles. The van der Waals surface area contributed by atoms with Gasteiger partial charge in [-0.3, -0.25) is 9.48 Å². The van der Waals surface area contributed by atoms with Crippen LogP contribution in [-0.2, 0) is 17.1 Å². The third-order valence-electron chi connectivity index (χ3n) is 4.83. The molecule has 3 rings (SSSR count). The normalized spacial score (nSPS) is 15.6. The van der Waals surface area contributed by atoms with Crippen molar-refractivity contribution in [1.29, 1.82) is 5.26 Å². The van der Waals surface area contributed by atoms with Crippen molar-refractivity contribution in [2.75, 3.05) is 26.2 Å². The summed E-state index contributed by atoms with van der Waals surface area (Å²) in [4.78, 5) is 14.5. The lowest BCUT2D eigenvalue weighted by atomic mass is 10.1. The molecule has 0 saturated carbocycles. The zero-order valence-electron chi connectivity index (χ0n) is 15.5. The third kappa shape index (κ3) is 3.46. The van der Waals surface area contributed by atoms with Crippen molar-refractivity contribution in [3.8, 4) is 6.07 Å². The summed E-state index contributed by atoms with van der Waals surface area (Å²) >= 11 is 0. The number of sulfonamides is 1. The Morgan fingerprint density at radius 1 is 1.11 bits per heavy atom. The first kappa shape index (κ1) is 19.1. The van der Waals surface area contributed by atoms with Crippen LogP contribution in [-0.4, -0.2) is 59.5 Å². The number of carbonyl (C=O) groups excluding carboxylic acids is 1. The average molecular weight is 387 g/mol. The first-order chi connectivity index (χ1) is 12.8. The van der Waals surface area contributed by atoms with Crippen LogP contribution in [0, 0.1) is 25.2 Å². The van der Waals surface area contributed by atoms with Crippen molar-refractivity contribution in [1.82, 2.24) is 19.0 Å². The van der Waals surface area contributed by atoms with Crippen molar-refractivity contribution in [2.45, 2.75) is 18.7 Å². The standard InChI is InChI=1S/C18H21N5O3S/c1-13-17(14(2)21(3)20-13)27(25,26)23-10-8-22(9-11-23)18(24)16-6-4-15(12-19)5-7-16/h4-7H,8-11H2,1-3H3. The summed E-state index contributed by atoms with van der Waals surface area (Å²) in [6.07, 6.45) is 0. The molecule has 0 aliphatic carbocycles. The number of aromatic nitrogens is 2. The maximum atomic E-state index is 13.0. The Labute approximate surface area is 158 Å². The van der Waals surface area contributed by atoms with Gasteiger partial charge in [0.1, 0.15) is 4.90 Å². The predicted octanol–water partition coefficient (Wildman–Crippen LogP) is 1.06. The number of nitriles is 1. The van der Waals surface area contributed by atoms with Gasteiger partial charge in [0.2, 0.25) is 10.0 Å². The van der Waals surface area contributed by atoms with Crippen LogP contribution in [0.3, 0.4) is 0 Å². The van der Waals surface area contributed by atoms with Crippen LogP contribution in [0.5, 0.6) is 0 Å². The topological polar surface area (TPSA) is 99.3 Å². The summed E-state index contributed by atoms with van der Waals surface area (Å²) < 4.78 is 29.0. The van der Waals surface area contributed by atoms with Crippen LogP contribution >= 0.6 is 0 Å². The minimum Gasteiger partial charge on any atom is -0.336 e. The Hall–Kier alpha value is -2.70. The van der Waals surface area contributed by atoms with E-state index in [0.29, 0.717) is 35.6 Å². The lowest BCUT2D eigenvalue weighted by molar-refractivity contribution is 0.0698. The Bertz CT molecular complexity index is 1010. The van der Waals surface area contributed by atoms with E-state index in [-0.39, 0.29) is 23.9 Å². The number of piperazine rings is 1. The van der Waals surface area contributed by atoms with Crippen LogP contribution < -0.4 is 0 Å². The van der Waals surface area contributed by atoms with E-state index >= 15 is 0 Å². The van der Waals surface area contributed by atoms with Gasteiger partial charge in [0.05, 0.1) is 23.0 Å². The largest absolute Gasteiger partial charge is 0.336 e. The second-order valence-electron chi connectivity index (χ2n) is 6.51. The van der Waals surface area contributed by atoms with Crippen molar-refractivity contribution >= 4 is 15.9 Å². The van der Waals surface area contributed by atoms with Gasteiger partial charge < -0.3 is 4.90 Å². The molecule has 1 aromatic carbocycles. The van der Waals surface area contributed by atoms with Gasteiger partial charge in [-0.1, -0.05) is 0 Å². The molecule has 2 aromatic rings. The molecule has 142 valence electrons. The van der Waals surface area contributed by atoms with E-state index in [1.165, 1.54) is 4.31 Å². The van der Waals surface area contributed by atoms with Gasteiger partial charge in [0.25, 0.3) is 5.91 Å². The van der Waals surface area contributed by atoms with E-state index in [0.717, 1.165) is 0 Å². The molecule has 9 heteroatoms. The van der Waals surface area contributed by atoms with Crippen LogP contribution in [0.4, 0.5) is 0 Å². The Kier molecular flexibility index (Phi) is 5.04. The molecule has 1 amide bonds. The van der Waals surface area contributed by atoms with E-state index in [2.05, 4.69) is 5.10 Å². The molecule has 0 spiro atoms.